The fourth-order valence-electron chi connectivity index (χ4n) is 4.01. The topological polar surface area (TPSA) is 106 Å². The van der Waals surface area contributed by atoms with Crippen molar-refractivity contribution in [2.75, 3.05) is 13.2 Å². The standard InChI is InChI=1S/C18H29N3O.C10H10O2/c1-2-3-4-5-6-7-8-9-12-20-18(15-22)17-11-10-16(13-19)14-21-17;11-10(12)9-6-8(9)7-4-2-1-3-5-7/h10-11,14,18,20,22H,2-9,12,15H2,1H3;1-5,8-9H,6H2,(H,11,12)/t18-;8-,9+/m01/s1. The third-order valence-corrected chi connectivity index (χ3v) is 6.21. The minimum Gasteiger partial charge on any atom is -0.481 e. The SMILES string of the molecule is CCCCCCCCCCN[C@@H](CO)c1ccc(C#N)cn1.O=C(O)[C@H]1C[C@@H]1c1ccccc1. The number of aliphatic carboxylic acids is 1. The molecule has 1 heterocycles. The highest BCUT2D eigenvalue weighted by atomic mass is 16.4. The molecule has 184 valence electrons. The van der Waals surface area contributed by atoms with Crippen molar-refractivity contribution in [3.8, 4) is 6.07 Å². The Morgan fingerprint density at radius 3 is 2.29 bits per heavy atom. The highest BCUT2D eigenvalue weighted by Crippen LogP contribution is 2.47. The molecule has 0 radical (unpaired) electrons. The van der Waals surface area contributed by atoms with Crippen LogP contribution < -0.4 is 5.32 Å². The van der Waals surface area contributed by atoms with Crippen LogP contribution in [0.4, 0.5) is 0 Å². The Kier molecular flexibility index (Phi) is 12.9. The maximum absolute atomic E-state index is 10.5. The van der Waals surface area contributed by atoms with Crippen molar-refractivity contribution in [2.24, 2.45) is 5.92 Å². The molecule has 3 rings (SSSR count). The van der Waals surface area contributed by atoms with E-state index in [0.717, 1.165) is 30.6 Å². The van der Waals surface area contributed by atoms with Crippen LogP contribution in [0.25, 0.3) is 0 Å². The van der Waals surface area contributed by atoms with Crippen LogP contribution in [0.1, 0.15) is 93.5 Å². The van der Waals surface area contributed by atoms with Crippen LogP contribution in [0.3, 0.4) is 0 Å². The molecule has 3 N–H and O–H groups in total. The number of aromatic nitrogens is 1. The van der Waals surface area contributed by atoms with Crippen molar-refractivity contribution < 1.29 is 15.0 Å². The monoisotopic (exact) mass is 465 g/mol. The molecule has 0 bridgehead atoms. The quantitative estimate of drug-likeness (QED) is 0.314. The molecule has 0 spiro atoms. The van der Waals surface area contributed by atoms with Gasteiger partial charge in [0, 0.05) is 6.20 Å². The van der Waals surface area contributed by atoms with Gasteiger partial charge in [-0.15, -0.1) is 0 Å². The van der Waals surface area contributed by atoms with E-state index in [1.807, 2.05) is 30.3 Å². The van der Waals surface area contributed by atoms with Gasteiger partial charge in [-0.2, -0.15) is 5.26 Å². The summed E-state index contributed by atoms with van der Waals surface area (Å²) in [6, 6.07) is 15.3. The molecule has 1 aliphatic carbocycles. The first-order valence-corrected chi connectivity index (χ1v) is 12.6. The Balaban J connectivity index is 0.000000283. The highest BCUT2D eigenvalue weighted by Gasteiger charge is 2.43. The van der Waals surface area contributed by atoms with Crippen LogP contribution in [0, 0.1) is 17.2 Å². The van der Waals surface area contributed by atoms with Gasteiger partial charge in [-0.25, -0.2) is 0 Å². The number of nitrogens with zero attached hydrogens (tertiary/aromatic N) is 2. The molecule has 6 nitrogen and oxygen atoms in total. The van der Waals surface area contributed by atoms with Crippen molar-refractivity contribution >= 4 is 5.97 Å². The minimum atomic E-state index is -0.663. The zero-order valence-electron chi connectivity index (χ0n) is 20.3. The number of hydrogen-bond acceptors (Lipinski definition) is 5. The molecule has 1 saturated carbocycles. The third-order valence-electron chi connectivity index (χ3n) is 6.21. The van der Waals surface area contributed by atoms with Gasteiger partial charge < -0.3 is 15.5 Å². The van der Waals surface area contributed by atoms with Crippen LogP contribution in [-0.2, 0) is 4.79 Å². The van der Waals surface area contributed by atoms with Crippen molar-refractivity contribution in [2.45, 2.75) is 76.7 Å². The van der Waals surface area contributed by atoms with Gasteiger partial charge in [0.2, 0.25) is 0 Å². The molecule has 1 aromatic heterocycles. The molecular weight excluding hydrogens is 426 g/mol. The molecule has 1 aliphatic rings. The molecule has 0 unspecified atom stereocenters. The summed E-state index contributed by atoms with van der Waals surface area (Å²) in [4.78, 5) is 14.8. The molecular formula is C28H39N3O3. The lowest BCUT2D eigenvalue weighted by molar-refractivity contribution is -0.138. The maximum atomic E-state index is 10.5. The van der Waals surface area contributed by atoms with Gasteiger partial charge in [0.1, 0.15) is 6.07 Å². The number of hydrogen-bond donors (Lipinski definition) is 3. The Hall–Kier alpha value is -2.75. The summed E-state index contributed by atoms with van der Waals surface area (Å²) in [6.07, 6.45) is 12.7. The van der Waals surface area contributed by atoms with Crippen molar-refractivity contribution in [3.05, 3.63) is 65.5 Å². The molecule has 2 aromatic rings. The Morgan fingerprint density at radius 2 is 1.76 bits per heavy atom. The summed E-state index contributed by atoms with van der Waals surface area (Å²) in [6.45, 7) is 3.16. The second kappa shape index (κ2) is 16.0. The number of unbranched alkanes of at least 4 members (excludes halogenated alkanes) is 7. The van der Waals surface area contributed by atoms with Crippen molar-refractivity contribution in [1.82, 2.24) is 10.3 Å². The average molecular weight is 466 g/mol. The largest absolute Gasteiger partial charge is 0.481 e. The number of benzene rings is 1. The first-order valence-electron chi connectivity index (χ1n) is 12.6. The summed E-state index contributed by atoms with van der Waals surface area (Å²) in [5.74, 6) is -0.528. The van der Waals surface area contributed by atoms with Gasteiger partial charge in [-0.3, -0.25) is 9.78 Å². The normalized spacial score (nSPS) is 17.2. The van der Waals surface area contributed by atoms with Gasteiger partial charge in [-0.05, 0) is 43.0 Å². The fourth-order valence-corrected chi connectivity index (χ4v) is 4.01. The van der Waals surface area contributed by atoms with Gasteiger partial charge in [0.25, 0.3) is 0 Å². The van der Waals surface area contributed by atoms with Crippen molar-refractivity contribution in [1.29, 1.82) is 5.26 Å². The summed E-state index contributed by atoms with van der Waals surface area (Å²) < 4.78 is 0. The van der Waals surface area contributed by atoms with E-state index in [9.17, 15) is 9.90 Å². The number of pyridine rings is 1. The number of carboxylic acid groups (broad SMARTS) is 1. The van der Waals surface area contributed by atoms with E-state index in [0.29, 0.717) is 5.56 Å². The van der Waals surface area contributed by atoms with Crippen LogP contribution >= 0.6 is 0 Å². The number of rotatable bonds is 14. The lowest BCUT2D eigenvalue weighted by Gasteiger charge is -2.15. The summed E-state index contributed by atoms with van der Waals surface area (Å²) in [7, 11) is 0. The number of nitriles is 1. The minimum absolute atomic E-state index is 0.0237. The molecule has 1 aromatic carbocycles. The smallest absolute Gasteiger partial charge is 0.307 e. The highest BCUT2D eigenvalue weighted by molar-refractivity contribution is 5.75. The lowest BCUT2D eigenvalue weighted by Crippen LogP contribution is -2.26. The third kappa shape index (κ3) is 10.0. The summed E-state index contributed by atoms with van der Waals surface area (Å²) >= 11 is 0. The number of carboxylic acids is 1. The van der Waals surface area contributed by atoms with E-state index in [1.54, 1.807) is 18.3 Å². The number of aliphatic hydroxyl groups excluding tert-OH is 1. The van der Waals surface area contributed by atoms with E-state index >= 15 is 0 Å². The first kappa shape index (κ1) is 27.5. The van der Waals surface area contributed by atoms with E-state index in [1.165, 1.54) is 44.9 Å². The van der Waals surface area contributed by atoms with Crippen LogP contribution in [0.5, 0.6) is 0 Å². The van der Waals surface area contributed by atoms with E-state index in [4.69, 9.17) is 10.4 Å². The number of aliphatic hydroxyl groups is 1. The van der Waals surface area contributed by atoms with E-state index in [2.05, 4.69) is 23.3 Å². The van der Waals surface area contributed by atoms with Crippen LogP contribution in [-0.4, -0.2) is 34.3 Å². The lowest BCUT2D eigenvalue weighted by atomic mass is 10.1. The molecule has 34 heavy (non-hydrogen) atoms. The predicted molar refractivity (Wildman–Crippen MR) is 134 cm³/mol. The zero-order chi connectivity index (χ0) is 24.6. The van der Waals surface area contributed by atoms with Gasteiger partial charge in [0.05, 0.1) is 29.8 Å². The van der Waals surface area contributed by atoms with E-state index in [-0.39, 0.29) is 24.5 Å². The molecule has 6 heteroatoms. The van der Waals surface area contributed by atoms with Gasteiger partial charge >= 0.3 is 5.97 Å². The second-order valence-corrected chi connectivity index (χ2v) is 8.95. The van der Waals surface area contributed by atoms with Gasteiger partial charge in [-0.1, -0.05) is 82.2 Å². The molecule has 0 aliphatic heterocycles. The second-order valence-electron chi connectivity index (χ2n) is 8.95. The summed E-state index contributed by atoms with van der Waals surface area (Å²) in [5.41, 5.74) is 2.49. The summed E-state index contributed by atoms with van der Waals surface area (Å²) in [5, 5.41) is 30.2. The molecule has 3 atom stereocenters. The molecule has 0 saturated heterocycles. The van der Waals surface area contributed by atoms with Crippen molar-refractivity contribution in [3.63, 3.8) is 0 Å². The number of nitrogens with one attached hydrogen (secondary N) is 1. The predicted octanol–water partition coefficient (Wildman–Crippen LogP) is 5.59. The zero-order valence-corrected chi connectivity index (χ0v) is 20.3. The number of carbonyl (C=O) groups is 1. The average Bonchev–Trinajstić information content (AvgIpc) is 3.68. The maximum Gasteiger partial charge on any atom is 0.307 e. The van der Waals surface area contributed by atoms with Gasteiger partial charge in [0.15, 0.2) is 0 Å². The molecule has 1 fully saturated rings. The van der Waals surface area contributed by atoms with Crippen LogP contribution in [0.2, 0.25) is 0 Å². The molecule has 0 amide bonds. The van der Waals surface area contributed by atoms with E-state index < -0.39 is 5.97 Å². The fraction of sp³-hybridized carbons (Fsp3) is 0.536. The Labute approximate surface area is 204 Å². The Morgan fingerprint density at radius 1 is 1.09 bits per heavy atom. The van der Waals surface area contributed by atoms with Crippen LogP contribution in [0.15, 0.2) is 48.7 Å². The first-order chi connectivity index (χ1) is 16.6. The Bertz CT molecular complexity index is 865.